The van der Waals surface area contributed by atoms with Crippen LogP contribution in [0.1, 0.15) is 46.5 Å². The molecule has 166 valence electrons. The molecule has 0 aliphatic carbocycles. The van der Waals surface area contributed by atoms with Crippen LogP contribution in [0.2, 0.25) is 5.04 Å². The van der Waals surface area contributed by atoms with Gasteiger partial charge in [-0.05, 0) is 34.7 Å². The van der Waals surface area contributed by atoms with Crippen LogP contribution in [-0.2, 0) is 14.0 Å². The van der Waals surface area contributed by atoms with E-state index in [1.807, 2.05) is 0 Å². The van der Waals surface area contributed by atoms with E-state index in [1.54, 1.807) is 7.11 Å². The summed E-state index contributed by atoms with van der Waals surface area (Å²) in [6, 6.07) is 21.8. The fraction of sp³-hybridized carbons (Fsp3) is 0.500. The molecule has 4 rings (SSSR count). The van der Waals surface area contributed by atoms with E-state index < -0.39 is 8.32 Å². The van der Waals surface area contributed by atoms with Gasteiger partial charge in [-0.3, -0.25) is 4.79 Å². The minimum absolute atomic E-state index is 0.0608. The normalized spacial score (nSPS) is 24.3. The molecule has 0 N–H and O–H groups in total. The molecule has 0 bridgehead atoms. The number of rotatable bonds is 6. The van der Waals surface area contributed by atoms with E-state index in [9.17, 15) is 4.79 Å². The molecule has 0 spiro atoms. The van der Waals surface area contributed by atoms with Crippen LogP contribution in [0.15, 0.2) is 60.7 Å². The fourth-order valence-electron chi connectivity index (χ4n) is 5.67. The van der Waals surface area contributed by atoms with Crippen LogP contribution in [0, 0.1) is 0 Å². The van der Waals surface area contributed by atoms with Crippen molar-refractivity contribution >= 4 is 24.6 Å². The van der Waals surface area contributed by atoms with E-state index in [2.05, 4.69) is 86.3 Å². The number of fused-ring (bicyclic) bond motifs is 1. The summed E-state index contributed by atoms with van der Waals surface area (Å²) in [7, 11) is -0.821. The van der Waals surface area contributed by atoms with Gasteiger partial charge in [-0.25, -0.2) is 0 Å². The Bertz CT molecular complexity index is 841. The molecular formula is C26H35NO3Si. The van der Waals surface area contributed by atoms with Gasteiger partial charge in [-0.2, -0.15) is 0 Å². The SMILES string of the molecule is CO[C@H]1CCC(=O)N2[C@H](CO[Si](c3ccccc3)(c3ccccc3)C(C)(C)C)CC[C@@H]12. The van der Waals surface area contributed by atoms with Gasteiger partial charge < -0.3 is 14.1 Å². The first kappa shape index (κ1) is 22.2. The summed E-state index contributed by atoms with van der Waals surface area (Å²) in [6.45, 7) is 7.46. The van der Waals surface area contributed by atoms with Gasteiger partial charge >= 0.3 is 0 Å². The quantitative estimate of drug-likeness (QED) is 0.647. The number of hydrogen-bond donors (Lipinski definition) is 0. The first-order valence-electron chi connectivity index (χ1n) is 11.5. The Hall–Kier alpha value is -1.95. The maximum atomic E-state index is 12.8. The minimum atomic E-state index is -2.59. The fourth-order valence-corrected chi connectivity index (χ4v) is 10.3. The zero-order valence-electron chi connectivity index (χ0n) is 19.2. The molecule has 0 aromatic heterocycles. The van der Waals surface area contributed by atoms with Gasteiger partial charge in [-0.1, -0.05) is 81.4 Å². The first-order valence-corrected chi connectivity index (χ1v) is 13.4. The Morgan fingerprint density at radius 3 is 2.03 bits per heavy atom. The van der Waals surface area contributed by atoms with E-state index in [4.69, 9.17) is 9.16 Å². The van der Waals surface area contributed by atoms with E-state index >= 15 is 0 Å². The molecule has 2 fully saturated rings. The highest BCUT2D eigenvalue weighted by molar-refractivity contribution is 6.99. The molecule has 2 aromatic carbocycles. The molecule has 2 aliphatic rings. The Morgan fingerprint density at radius 2 is 1.52 bits per heavy atom. The Kier molecular flexibility index (Phi) is 6.38. The number of amides is 1. The highest BCUT2D eigenvalue weighted by atomic mass is 28.4. The Morgan fingerprint density at radius 1 is 0.935 bits per heavy atom. The standard InChI is InChI=1S/C26H35NO3Si/c1-26(2,3)31(21-11-7-5-8-12-21,22-13-9-6-10-14-22)30-19-20-15-16-23-24(29-4)17-18-25(28)27(20)23/h5-14,20,23-24H,15-19H2,1-4H3/t20-,23-,24-/m0/s1. The lowest BCUT2D eigenvalue weighted by Gasteiger charge is -2.45. The average Bonchev–Trinajstić information content (AvgIpc) is 3.20. The Labute approximate surface area is 187 Å². The molecule has 2 aromatic rings. The molecule has 0 unspecified atom stereocenters. The second-order valence-electron chi connectivity index (χ2n) is 9.89. The lowest BCUT2D eigenvalue weighted by atomic mass is 9.99. The van der Waals surface area contributed by atoms with E-state index in [-0.39, 0.29) is 29.1 Å². The highest BCUT2D eigenvalue weighted by Crippen LogP contribution is 2.39. The molecule has 3 atom stereocenters. The number of nitrogens with zero attached hydrogens (tertiary/aromatic N) is 1. The van der Waals surface area contributed by atoms with Gasteiger partial charge in [0.25, 0.3) is 8.32 Å². The van der Waals surface area contributed by atoms with Crippen LogP contribution < -0.4 is 10.4 Å². The van der Waals surface area contributed by atoms with Gasteiger partial charge in [-0.15, -0.1) is 0 Å². The largest absolute Gasteiger partial charge is 0.405 e. The van der Waals surface area contributed by atoms with Gasteiger partial charge in [0.2, 0.25) is 5.91 Å². The third-order valence-corrected chi connectivity index (χ3v) is 12.1. The van der Waals surface area contributed by atoms with Crippen molar-refractivity contribution in [1.82, 2.24) is 4.90 Å². The Balaban J connectivity index is 1.69. The predicted molar refractivity (Wildman–Crippen MR) is 127 cm³/mol. The maximum absolute atomic E-state index is 12.8. The summed E-state index contributed by atoms with van der Waals surface area (Å²) in [5, 5.41) is 2.50. The van der Waals surface area contributed by atoms with Gasteiger partial charge in [0, 0.05) is 13.5 Å². The third-order valence-electron chi connectivity index (χ3n) is 7.12. The first-order chi connectivity index (χ1) is 14.9. The van der Waals surface area contributed by atoms with Crippen molar-refractivity contribution in [3.8, 4) is 0 Å². The number of benzene rings is 2. The van der Waals surface area contributed by atoms with Crippen LogP contribution in [-0.4, -0.2) is 51.0 Å². The van der Waals surface area contributed by atoms with Crippen molar-refractivity contribution in [3.05, 3.63) is 60.7 Å². The molecule has 0 radical (unpaired) electrons. The maximum Gasteiger partial charge on any atom is 0.261 e. The van der Waals surface area contributed by atoms with Crippen molar-refractivity contribution < 1.29 is 14.0 Å². The molecule has 2 aliphatic heterocycles. The molecule has 2 saturated heterocycles. The van der Waals surface area contributed by atoms with Gasteiger partial charge in [0.05, 0.1) is 24.8 Å². The minimum Gasteiger partial charge on any atom is -0.405 e. The summed E-state index contributed by atoms with van der Waals surface area (Å²) in [4.78, 5) is 14.9. The molecule has 31 heavy (non-hydrogen) atoms. The molecule has 0 saturated carbocycles. The zero-order chi connectivity index (χ0) is 22.1. The summed E-state index contributed by atoms with van der Waals surface area (Å²) >= 11 is 0. The number of carbonyl (C=O) groups is 1. The molecule has 2 heterocycles. The lowest BCUT2D eigenvalue weighted by Crippen LogP contribution is -2.67. The van der Waals surface area contributed by atoms with Crippen LogP contribution in [0.5, 0.6) is 0 Å². The predicted octanol–water partition coefficient (Wildman–Crippen LogP) is 3.73. The molecule has 4 nitrogen and oxygen atoms in total. The number of ether oxygens (including phenoxy) is 1. The van der Waals surface area contributed by atoms with Crippen molar-refractivity contribution in [2.75, 3.05) is 13.7 Å². The molecular weight excluding hydrogens is 402 g/mol. The second-order valence-corrected chi connectivity index (χ2v) is 14.2. The van der Waals surface area contributed by atoms with Crippen LogP contribution in [0.4, 0.5) is 0 Å². The number of carbonyl (C=O) groups excluding carboxylic acids is 1. The van der Waals surface area contributed by atoms with E-state index in [1.165, 1.54) is 10.4 Å². The lowest BCUT2D eigenvalue weighted by molar-refractivity contribution is -0.143. The topological polar surface area (TPSA) is 38.8 Å². The van der Waals surface area contributed by atoms with Crippen LogP contribution >= 0.6 is 0 Å². The third kappa shape index (κ3) is 3.99. The molecule has 1 amide bonds. The van der Waals surface area contributed by atoms with Crippen molar-refractivity contribution in [2.45, 2.75) is 69.7 Å². The summed E-state index contributed by atoms with van der Waals surface area (Å²) in [6.07, 6.45) is 3.53. The van der Waals surface area contributed by atoms with Crippen LogP contribution in [0.3, 0.4) is 0 Å². The highest BCUT2D eigenvalue weighted by Gasteiger charge is 2.52. The van der Waals surface area contributed by atoms with E-state index in [0.29, 0.717) is 13.0 Å². The van der Waals surface area contributed by atoms with E-state index in [0.717, 1.165) is 19.3 Å². The number of methoxy groups -OCH3 is 1. The average molecular weight is 438 g/mol. The smallest absolute Gasteiger partial charge is 0.261 e. The van der Waals surface area contributed by atoms with Crippen molar-refractivity contribution in [1.29, 1.82) is 0 Å². The summed E-state index contributed by atoms with van der Waals surface area (Å²) in [5.41, 5.74) is 0. The summed E-state index contributed by atoms with van der Waals surface area (Å²) in [5.74, 6) is 0.256. The number of piperidine rings is 1. The zero-order valence-corrected chi connectivity index (χ0v) is 20.2. The summed E-state index contributed by atoms with van der Waals surface area (Å²) < 4.78 is 12.8. The van der Waals surface area contributed by atoms with Gasteiger partial charge in [0.15, 0.2) is 0 Å². The monoisotopic (exact) mass is 437 g/mol. The van der Waals surface area contributed by atoms with Gasteiger partial charge in [0.1, 0.15) is 0 Å². The second kappa shape index (κ2) is 8.89. The van der Waals surface area contributed by atoms with Crippen LogP contribution in [0.25, 0.3) is 0 Å². The number of hydrogen-bond acceptors (Lipinski definition) is 3. The molecule has 5 heteroatoms. The van der Waals surface area contributed by atoms with Crippen molar-refractivity contribution in [3.63, 3.8) is 0 Å². The van der Waals surface area contributed by atoms with Crippen molar-refractivity contribution in [2.24, 2.45) is 0 Å².